The van der Waals surface area contributed by atoms with Crippen molar-refractivity contribution >= 4 is 15.9 Å². The van der Waals surface area contributed by atoms with Crippen molar-refractivity contribution in [1.82, 2.24) is 9.78 Å². The summed E-state index contributed by atoms with van der Waals surface area (Å²) in [5.74, 6) is 0. The third-order valence-corrected chi connectivity index (χ3v) is 4.38. The highest BCUT2D eigenvalue weighted by Gasteiger charge is 2.10. The van der Waals surface area contributed by atoms with Crippen LogP contribution in [0.5, 0.6) is 0 Å². The molecule has 2 nitrogen and oxygen atoms in total. The number of aromatic nitrogens is 2. The fourth-order valence-electron chi connectivity index (χ4n) is 2.27. The molecule has 0 aliphatic rings. The summed E-state index contributed by atoms with van der Waals surface area (Å²) >= 11 is 3.78. The number of alkyl halides is 1. The quantitative estimate of drug-likeness (QED) is 0.715. The highest BCUT2D eigenvalue weighted by Crippen LogP contribution is 2.27. The molecule has 1 aromatic carbocycles. The van der Waals surface area contributed by atoms with Gasteiger partial charge >= 0.3 is 0 Å². The topological polar surface area (TPSA) is 17.8 Å². The zero-order valence-corrected chi connectivity index (χ0v) is 13.2. The van der Waals surface area contributed by atoms with Gasteiger partial charge in [-0.3, -0.25) is 4.68 Å². The summed E-state index contributed by atoms with van der Waals surface area (Å²) < 4.78 is 2.13. The fraction of sp³-hybridized carbons (Fsp3) is 0.438. The van der Waals surface area contributed by atoms with Crippen molar-refractivity contribution in [3.8, 4) is 0 Å². The molecule has 0 aliphatic carbocycles. The van der Waals surface area contributed by atoms with Crippen LogP contribution in [0.2, 0.25) is 0 Å². The van der Waals surface area contributed by atoms with Crippen LogP contribution in [0.15, 0.2) is 36.4 Å². The van der Waals surface area contributed by atoms with E-state index in [0.29, 0.717) is 4.83 Å². The molecule has 0 saturated heterocycles. The molecule has 19 heavy (non-hydrogen) atoms. The van der Waals surface area contributed by atoms with Gasteiger partial charge < -0.3 is 0 Å². The summed E-state index contributed by atoms with van der Waals surface area (Å²) in [6.07, 6.45) is 3.17. The van der Waals surface area contributed by atoms with Gasteiger partial charge in [-0.15, -0.1) is 0 Å². The lowest BCUT2D eigenvalue weighted by molar-refractivity contribution is 0.602. The van der Waals surface area contributed by atoms with Crippen molar-refractivity contribution < 1.29 is 0 Å². The van der Waals surface area contributed by atoms with Gasteiger partial charge in [0.1, 0.15) is 0 Å². The number of halogens is 1. The van der Waals surface area contributed by atoms with Crippen molar-refractivity contribution in [1.29, 1.82) is 0 Å². The average Bonchev–Trinajstić information content (AvgIpc) is 2.88. The Balaban J connectivity index is 2.00. The zero-order valence-electron chi connectivity index (χ0n) is 11.6. The second-order valence-corrected chi connectivity index (χ2v) is 5.82. The Hall–Kier alpha value is -1.09. The maximum absolute atomic E-state index is 4.60. The van der Waals surface area contributed by atoms with Crippen LogP contribution in [0.3, 0.4) is 0 Å². The molecular weight excluding hydrogens is 300 g/mol. The van der Waals surface area contributed by atoms with E-state index in [4.69, 9.17) is 0 Å². The minimum Gasteiger partial charge on any atom is -0.270 e. The summed E-state index contributed by atoms with van der Waals surface area (Å²) in [7, 11) is 0. The predicted octanol–water partition coefficient (Wildman–Crippen LogP) is 4.53. The molecule has 3 heteroatoms. The molecule has 2 aromatic rings. The van der Waals surface area contributed by atoms with Gasteiger partial charge in [0.2, 0.25) is 0 Å². The highest BCUT2D eigenvalue weighted by molar-refractivity contribution is 9.09. The van der Waals surface area contributed by atoms with Gasteiger partial charge in [0, 0.05) is 17.1 Å². The largest absolute Gasteiger partial charge is 0.270 e. The standard InChI is InChI=1S/C16H21BrN2/c1-3-14-12-15(19(4-2)18-14)10-11-16(17)13-8-6-5-7-9-13/h5-9,12,16H,3-4,10-11H2,1-2H3. The van der Waals surface area contributed by atoms with Crippen LogP contribution in [-0.4, -0.2) is 9.78 Å². The predicted molar refractivity (Wildman–Crippen MR) is 83.7 cm³/mol. The number of hydrogen-bond donors (Lipinski definition) is 0. The second-order valence-electron chi connectivity index (χ2n) is 4.71. The Morgan fingerprint density at radius 2 is 1.95 bits per heavy atom. The minimum atomic E-state index is 0.416. The van der Waals surface area contributed by atoms with E-state index in [1.54, 1.807) is 0 Å². The van der Waals surface area contributed by atoms with E-state index in [0.717, 1.165) is 25.8 Å². The van der Waals surface area contributed by atoms with Crippen molar-refractivity contribution in [2.24, 2.45) is 0 Å². The third kappa shape index (κ3) is 3.69. The molecule has 1 unspecified atom stereocenters. The first-order chi connectivity index (χ1) is 9.24. The Morgan fingerprint density at radius 3 is 2.58 bits per heavy atom. The van der Waals surface area contributed by atoms with Crippen LogP contribution in [-0.2, 0) is 19.4 Å². The lowest BCUT2D eigenvalue weighted by Gasteiger charge is -2.10. The number of hydrogen-bond acceptors (Lipinski definition) is 1. The SMILES string of the molecule is CCc1cc(CCC(Br)c2ccccc2)n(CC)n1. The van der Waals surface area contributed by atoms with Gasteiger partial charge in [0.15, 0.2) is 0 Å². The number of benzene rings is 1. The molecule has 0 aliphatic heterocycles. The van der Waals surface area contributed by atoms with Crippen molar-refractivity contribution in [2.75, 3.05) is 0 Å². The molecule has 102 valence electrons. The van der Waals surface area contributed by atoms with Crippen molar-refractivity contribution in [2.45, 2.75) is 44.5 Å². The first-order valence-electron chi connectivity index (χ1n) is 6.99. The van der Waals surface area contributed by atoms with E-state index in [-0.39, 0.29) is 0 Å². The minimum absolute atomic E-state index is 0.416. The number of rotatable bonds is 6. The smallest absolute Gasteiger partial charge is 0.0624 e. The number of aryl methyl sites for hydroxylation is 3. The average molecular weight is 321 g/mol. The summed E-state index contributed by atoms with van der Waals surface area (Å²) in [4.78, 5) is 0.416. The van der Waals surface area contributed by atoms with E-state index < -0.39 is 0 Å². The van der Waals surface area contributed by atoms with E-state index in [1.807, 2.05) is 0 Å². The molecule has 1 aromatic heterocycles. The first-order valence-corrected chi connectivity index (χ1v) is 7.90. The molecule has 2 rings (SSSR count). The maximum Gasteiger partial charge on any atom is 0.0624 e. The van der Waals surface area contributed by atoms with Gasteiger partial charge in [-0.2, -0.15) is 5.10 Å². The van der Waals surface area contributed by atoms with Crippen LogP contribution in [0.1, 0.15) is 42.0 Å². The van der Waals surface area contributed by atoms with Crippen LogP contribution in [0.25, 0.3) is 0 Å². The van der Waals surface area contributed by atoms with E-state index in [9.17, 15) is 0 Å². The molecule has 0 bridgehead atoms. The van der Waals surface area contributed by atoms with Crippen molar-refractivity contribution in [3.05, 3.63) is 53.3 Å². The summed E-state index contributed by atoms with van der Waals surface area (Å²) in [6, 6.07) is 12.8. The lowest BCUT2D eigenvalue weighted by Crippen LogP contribution is -2.04. The fourth-order valence-corrected chi connectivity index (χ4v) is 2.80. The second kappa shape index (κ2) is 6.90. The molecule has 1 heterocycles. The molecule has 0 spiro atoms. The van der Waals surface area contributed by atoms with Crippen LogP contribution in [0.4, 0.5) is 0 Å². The van der Waals surface area contributed by atoms with Crippen molar-refractivity contribution in [3.63, 3.8) is 0 Å². The van der Waals surface area contributed by atoms with Gasteiger partial charge in [0.25, 0.3) is 0 Å². The Morgan fingerprint density at radius 1 is 1.21 bits per heavy atom. The lowest BCUT2D eigenvalue weighted by atomic mass is 10.1. The van der Waals surface area contributed by atoms with Crippen LogP contribution >= 0.6 is 15.9 Å². The Bertz CT molecular complexity index is 505. The molecule has 0 radical (unpaired) electrons. The van der Waals surface area contributed by atoms with Gasteiger partial charge in [-0.1, -0.05) is 53.2 Å². The van der Waals surface area contributed by atoms with Gasteiger partial charge in [-0.05, 0) is 37.8 Å². The number of nitrogens with zero attached hydrogens (tertiary/aromatic N) is 2. The van der Waals surface area contributed by atoms with E-state index in [1.165, 1.54) is 17.0 Å². The molecule has 0 saturated carbocycles. The first kappa shape index (κ1) is 14.3. The molecule has 0 amide bonds. The zero-order chi connectivity index (χ0) is 13.7. The van der Waals surface area contributed by atoms with Gasteiger partial charge in [-0.25, -0.2) is 0 Å². The summed E-state index contributed by atoms with van der Waals surface area (Å²) in [5, 5.41) is 4.60. The molecule has 1 atom stereocenters. The summed E-state index contributed by atoms with van der Waals surface area (Å²) in [5.41, 5.74) is 3.89. The van der Waals surface area contributed by atoms with E-state index >= 15 is 0 Å². The Kier molecular flexibility index (Phi) is 5.20. The highest BCUT2D eigenvalue weighted by atomic mass is 79.9. The third-order valence-electron chi connectivity index (χ3n) is 3.39. The van der Waals surface area contributed by atoms with Gasteiger partial charge in [0.05, 0.1) is 5.69 Å². The van der Waals surface area contributed by atoms with Crippen LogP contribution in [0, 0.1) is 0 Å². The molecular formula is C16H21BrN2. The Labute approximate surface area is 124 Å². The monoisotopic (exact) mass is 320 g/mol. The normalized spacial score (nSPS) is 12.6. The summed E-state index contributed by atoms with van der Waals surface area (Å²) in [6.45, 7) is 5.26. The maximum atomic E-state index is 4.60. The molecule has 0 N–H and O–H groups in total. The van der Waals surface area contributed by atoms with Crippen LogP contribution < -0.4 is 0 Å². The van der Waals surface area contributed by atoms with E-state index in [2.05, 4.69) is 76.0 Å². The molecule has 0 fully saturated rings.